The van der Waals surface area contributed by atoms with E-state index in [1.807, 2.05) is 0 Å². The van der Waals surface area contributed by atoms with Crippen molar-refractivity contribution in [1.29, 1.82) is 0 Å². The molecule has 4 N–H and O–H groups in total. The first kappa shape index (κ1) is 32.8. The van der Waals surface area contributed by atoms with E-state index >= 15 is 0 Å². The third-order valence-corrected chi connectivity index (χ3v) is 7.65. The van der Waals surface area contributed by atoms with Crippen LogP contribution in [0.3, 0.4) is 0 Å². The average Bonchev–Trinajstić information content (AvgIpc) is 3.72. The topological polar surface area (TPSA) is 169 Å². The number of phenolic OH excluding ortho intramolecular Hbond substituents is 1. The molecule has 1 aromatic carbocycles. The number of methoxy groups -OCH3 is 1. The Morgan fingerprint density at radius 2 is 1.66 bits per heavy atom. The minimum Gasteiger partial charge on any atom is -0.504 e. The highest BCUT2D eigenvalue weighted by molar-refractivity contribution is 5.96. The van der Waals surface area contributed by atoms with Crippen LogP contribution in [0.2, 0.25) is 1.41 Å². The molecule has 44 heavy (non-hydrogen) atoms. The van der Waals surface area contributed by atoms with Gasteiger partial charge < -0.3 is 35.3 Å². The maximum Gasteiger partial charge on any atom is 0.328 e. The highest BCUT2D eigenvalue weighted by Crippen LogP contribution is 2.27. The van der Waals surface area contributed by atoms with Crippen LogP contribution in [-0.4, -0.2) is 72.7 Å². The molecule has 2 saturated carbocycles. The van der Waals surface area contributed by atoms with Crippen molar-refractivity contribution in [1.82, 2.24) is 15.9 Å². The Morgan fingerprint density at radius 3 is 2.27 bits per heavy atom. The van der Waals surface area contributed by atoms with Crippen molar-refractivity contribution in [3.05, 3.63) is 29.8 Å². The molecule has 0 bridgehead atoms. The van der Waals surface area contributed by atoms with Crippen molar-refractivity contribution < 1.29 is 44.7 Å². The molecule has 1 aromatic rings. The molecule has 0 saturated heterocycles. The molecular weight excluding hydrogens is 570 g/mol. The van der Waals surface area contributed by atoms with Crippen LogP contribution in [-0.2, 0) is 33.4 Å². The van der Waals surface area contributed by atoms with Gasteiger partial charge in [-0.2, -0.15) is 0 Å². The van der Waals surface area contributed by atoms with Crippen molar-refractivity contribution in [2.75, 3.05) is 13.7 Å². The van der Waals surface area contributed by atoms with Gasteiger partial charge in [-0.05, 0) is 87.5 Å². The molecule has 0 spiro atoms. The minimum atomic E-state index is -1.29. The van der Waals surface area contributed by atoms with Gasteiger partial charge in [0.25, 0.3) is 0 Å². The largest absolute Gasteiger partial charge is 0.504 e. The summed E-state index contributed by atoms with van der Waals surface area (Å²) in [6, 6.07) is 2.05. The molecule has 0 aromatic heterocycles. The lowest BCUT2D eigenvalue weighted by atomic mass is 10.0. The number of phenols is 1. The van der Waals surface area contributed by atoms with Gasteiger partial charge in [0, 0.05) is 12.5 Å². The number of carbonyl (C=O) groups is 5. The van der Waals surface area contributed by atoms with Gasteiger partial charge in [0.2, 0.25) is 17.7 Å². The molecule has 2 aliphatic rings. The molecule has 3 rings (SSSR count). The molecule has 12 heteroatoms. The molecule has 0 radical (unpaired) electrons. The van der Waals surface area contributed by atoms with Crippen molar-refractivity contribution in [3.8, 4) is 11.5 Å². The van der Waals surface area contributed by atoms with Crippen molar-refractivity contribution in [2.24, 2.45) is 5.92 Å². The fourth-order valence-electron chi connectivity index (χ4n) is 5.17. The Labute approximate surface area is 259 Å². The number of rotatable bonds is 15. The zero-order valence-corrected chi connectivity index (χ0v) is 25.7. The standard InChI is InChI=1S/C32H45N3O9/c1-20(2)30(35-28(38)19-33-27(37)16-13-21-12-15-25(36)26(18-21)42-3)31(40)34-24(32(41)44-23-10-6-7-11-23)14-17-29(39)43-22-8-4-5-9-22/h12-13,15-16,18,20,22-24,30,36H,4-11,14,17,19H2,1-3H3,(H,33,37)(H,34,40)(H,35,38)/b16-13+/t24-,30-/m0/s1/i/hD. The van der Waals surface area contributed by atoms with Gasteiger partial charge in [-0.25, -0.2) is 4.79 Å². The Morgan fingerprint density at radius 1 is 1.02 bits per heavy atom. The molecule has 12 nitrogen and oxygen atoms in total. The fraction of sp³-hybridized carbons (Fsp3) is 0.594. The van der Waals surface area contributed by atoms with Gasteiger partial charge in [-0.15, -0.1) is 0 Å². The van der Waals surface area contributed by atoms with Gasteiger partial charge in [0.05, 0.1) is 13.7 Å². The van der Waals surface area contributed by atoms with Crippen molar-refractivity contribution in [3.63, 3.8) is 0 Å². The zero-order chi connectivity index (χ0) is 32.9. The van der Waals surface area contributed by atoms with Crippen molar-refractivity contribution in [2.45, 2.75) is 102 Å². The second kappa shape index (κ2) is 17.3. The normalized spacial score (nSPS) is 17.1. The Balaban J connectivity index is 1.59. The maximum atomic E-state index is 13.4. The first-order valence-electron chi connectivity index (χ1n) is 15.8. The summed E-state index contributed by atoms with van der Waals surface area (Å²) in [5.74, 6) is -3.68. The molecule has 3 amide bonds. The quantitative estimate of drug-likeness (QED) is 0.171. The summed E-state index contributed by atoms with van der Waals surface area (Å²) in [6.07, 6.45) is 9.04. The highest BCUT2D eigenvalue weighted by Gasteiger charge is 2.32. The predicted molar refractivity (Wildman–Crippen MR) is 161 cm³/mol. The summed E-state index contributed by atoms with van der Waals surface area (Å²) in [5, 5.41) is 15.2. The third kappa shape index (κ3) is 11.2. The molecular formula is C32H45N3O9. The fourth-order valence-corrected chi connectivity index (χ4v) is 5.17. The van der Waals surface area contributed by atoms with E-state index in [2.05, 4.69) is 10.6 Å². The Kier molecular flexibility index (Phi) is 12.9. The number of benzene rings is 1. The molecule has 2 atom stereocenters. The van der Waals surface area contributed by atoms with Gasteiger partial charge in [0.15, 0.2) is 12.9 Å². The summed E-state index contributed by atoms with van der Waals surface area (Å²) >= 11 is 0. The second-order valence-corrected chi connectivity index (χ2v) is 11.5. The van der Waals surface area contributed by atoms with Crippen LogP contribution >= 0.6 is 0 Å². The summed E-state index contributed by atoms with van der Waals surface area (Å²) in [4.78, 5) is 64.1. The first-order valence-corrected chi connectivity index (χ1v) is 15.3. The third-order valence-electron chi connectivity index (χ3n) is 7.65. The van der Waals surface area contributed by atoms with Crippen molar-refractivity contribution >= 4 is 35.7 Å². The summed E-state index contributed by atoms with van der Waals surface area (Å²) in [5.41, 5.74) is 0.567. The number of nitrogens with one attached hydrogen (secondary N) is 3. The first-order chi connectivity index (χ1) is 21.5. The summed E-state index contributed by atoms with van der Waals surface area (Å²) in [6.45, 7) is 2.75. The van der Waals surface area contributed by atoms with Crippen LogP contribution in [0.4, 0.5) is 0 Å². The summed E-state index contributed by atoms with van der Waals surface area (Å²) in [7, 11) is 1.40. The van der Waals surface area contributed by atoms with Crippen LogP contribution in [0.5, 0.6) is 11.5 Å². The van der Waals surface area contributed by atoms with E-state index in [0.717, 1.165) is 51.4 Å². The molecule has 0 unspecified atom stereocenters. The van der Waals surface area contributed by atoms with E-state index in [-0.39, 0.29) is 36.5 Å². The van der Waals surface area contributed by atoms with Gasteiger partial charge in [0.1, 0.15) is 24.3 Å². The number of carbonyl (C=O) groups excluding carboxylic acids is 5. The molecule has 242 valence electrons. The van der Waals surface area contributed by atoms with E-state index < -0.39 is 54.2 Å². The lowest BCUT2D eigenvalue weighted by molar-refractivity contribution is -0.154. The Bertz CT molecular complexity index is 1230. The monoisotopic (exact) mass is 616 g/mol. The maximum absolute atomic E-state index is 13.4. The lowest BCUT2D eigenvalue weighted by Gasteiger charge is -2.25. The second-order valence-electron chi connectivity index (χ2n) is 11.5. The number of aromatic hydroxyl groups is 1. The number of amides is 3. The van der Waals surface area contributed by atoms with Crippen LogP contribution in [0, 0.1) is 5.92 Å². The van der Waals surface area contributed by atoms with E-state index in [1.54, 1.807) is 19.9 Å². The van der Waals surface area contributed by atoms with Gasteiger partial charge >= 0.3 is 11.9 Å². The molecule has 2 aliphatic carbocycles. The van der Waals surface area contributed by atoms with E-state index in [4.69, 9.17) is 15.6 Å². The predicted octanol–water partition coefficient (Wildman–Crippen LogP) is 2.91. The average molecular weight is 617 g/mol. The number of hydrogen-bond acceptors (Lipinski definition) is 9. The molecule has 0 heterocycles. The minimum absolute atomic E-state index is 0.0467. The van der Waals surface area contributed by atoms with Crippen LogP contribution < -0.4 is 20.7 Å². The van der Waals surface area contributed by atoms with E-state index in [1.165, 1.54) is 31.4 Å². The number of esters is 2. The SMILES string of the molecule is [2H]N(C(=O)CNC(=O)/C=C/c1ccc(O)c(OC)c1)[C@H](C(=O)N[C@@H](CCC(=O)OC1CCCC1)C(=O)OC1CCCC1)C(C)C. The van der Waals surface area contributed by atoms with Gasteiger partial charge in [-0.1, -0.05) is 19.9 Å². The Hall–Kier alpha value is -4.09. The molecule has 2 fully saturated rings. The number of ether oxygens (including phenoxy) is 3. The smallest absolute Gasteiger partial charge is 0.328 e. The van der Waals surface area contributed by atoms with E-state index in [0.29, 0.717) is 10.9 Å². The summed E-state index contributed by atoms with van der Waals surface area (Å²) < 4.78 is 24.6. The van der Waals surface area contributed by atoms with Crippen LogP contribution in [0.25, 0.3) is 6.08 Å². The highest BCUT2D eigenvalue weighted by atomic mass is 16.5. The van der Waals surface area contributed by atoms with Gasteiger partial charge in [-0.3, -0.25) is 19.2 Å². The van der Waals surface area contributed by atoms with E-state index in [9.17, 15) is 29.1 Å². The zero-order valence-electron chi connectivity index (χ0n) is 26.7. The number of hydrogen-bond donors (Lipinski definition) is 4. The molecule has 0 aliphatic heterocycles. The van der Waals surface area contributed by atoms with Crippen LogP contribution in [0.15, 0.2) is 24.3 Å². The lowest BCUT2D eigenvalue weighted by Crippen LogP contribution is -2.55. The van der Waals surface area contributed by atoms with Crippen LogP contribution in [0.1, 0.15) is 83.6 Å².